The summed E-state index contributed by atoms with van der Waals surface area (Å²) in [6.45, 7) is 2.09. The van der Waals surface area contributed by atoms with E-state index in [1.165, 1.54) is 5.56 Å². The Labute approximate surface area is 108 Å². The first kappa shape index (κ1) is 10.5. The lowest BCUT2D eigenvalue weighted by atomic mass is 10.1. The van der Waals surface area contributed by atoms with Crippen LogP contribution in [-0.2, 0) is 0 Å². The van der Waals surface area contributed by atoms with Crippen molar-refractivity contribution in [1.29, 1.82) is 0 Å². The van der Waals surface area contributed by atoms with Gasteiger partial charge in [-0.2, -0.15) is 0 Å². The minimum absolute atomic E-state index is 0.973. The van der Waals surface area contributed by atoms with Crippen LogP contribution in [0.1, 0.15) is 5.56 Å². The van der Waals surface area contributed by atoms with Crippen molar-refractivity contribution in [3.63, 3.8) is 0 Å². The van der Waals surface area contributed by atoms with Crippen molar-refractivity contribution in [1.82, 2.24) is 9.38 Å². The number of nitrogens with zero attached hydrogens (tertiary/aromatic N) is 2. The van der Waals surface area contributed by atoms with E-state index in [0.717, 1.165) is 21.4 Å². The second-order valence-corrected chi connectivity index (χ2v) is 4.91. The van der Waals surface area contributed by atoms with Crippen molar-refractivity contribution in [2.24, 2.45) is 0 Å². The number of benzene rings is 1. The van der Waals surface area contributed by atoms with Gasteiger partial charge in [0.25, 0.3) is 0 Å². The molecule has 0 aliphatic rings. The second kappa shape index (κ2) is 4.00. The third kappa shape index (κ3) is 1.76. The highest BCUT2D eigenvalue weighted by Gasteiger charge is 2.07. The van der Waals surface area contributed by atoms with E-state index in [0.29, 0.717) is 0 Å². The van der Waals surface area contributed by atoms with Crippen LogP contribution < -0.4 is 0 Å². The number of aromatic nitrogens is 2. The first-order valence-corrected chi connectivity index (χ1v) is 6.23. The number of fused-ring (bicyclic) bond motifs is 1. The van der Waals surface area contributed by atoms with Crippen LogP contribution in [0.4, 0.5) is 0 Å². The third-order valence-corrected chi connectivity index (χ3v) is 3.50. The fourth-order valence-electron chi connectivity index (χ4n) is 1.90. The number of pyridine rings is 1. The highest BCUT2D eigenvalue weighted by atomic mass is 79.9. The lowest BCUT2D eigenvalue weighted by molar-refractivity contribution is 1.16. The summed E-state index contributed by atoms with van der Waals surface area (Å²) in [6.07, 6.45) is 3.92. The molecule has 0 unspecified atom stereocenters. The average Bonchev–Trinajstić information content (AvgIpc) is 2.75. The highest BCUT2D eigenvalue weighted by molar-refractivity contribution is 9.10. The molecule has 0 atom stereocenters. The average molecular weight is 287 g/mol. The molecule has 0 radical (unpaired) electrons. The summed E-state index contributed by atoms with van der Waals surface area (Å²) >= 11 is 3.53. The Kier molecular flexibility index (Phi) is 2.48. The molecule has 0 amide bonds. The van der Waals surface area contributed by atoms with Crippen LogP contribution in [0.5, 0.6) is 0 Å². The Balaban J connectivity index is 2.24. The standard InChI is InChI=1S/C14H11BrN2/c1-10-4-6-11(7-5-10)14-16-9-13-12(15)3-2-8-17(13)14/h2-9H,1H3. The SMILES string of the molecule is Cc1ccc(-c2ncc3c(Br)cccn23)cc1. The first-order valence-electron chi connectivity index (χ1n) is 5.44. The van der Waals surface area contributed by atoms with Gasteiger partial charge in [-0.15, -0.1) is 0 Å². The molecule has 0 saturated heterocycles. The van der Waals surface area contributed by atoms with Crippen LogP contribution in [-0.4, -0.2) is 9.38 Å². The lowest BCUT2D eigenvalue weighted by Gasteiger charge is -2.02. The van der Waals surface area contributed by atoms with Gasteiger partial charge in [0, 0.05) is 16.2 Å². The minimum Gasteiger partial charge on any atom is -0.299 e. The maximum atomic E-state index is 4.49. The Morgan fingerprint density at radius 1 is 1.12 bits per heavy atom. The molecule has 0 bridgehead atoms. The van der Waals surface area contributed by atoms with Crippen LogP contribution in [0, 0.1) is 6.92 Å². The van der Waals surface area contributed by atoms with Crippen LogP contribution in [0.3, 0.4) is 0 Å². The van der Waals surface area contributed by atoms with E-state index in [2.05, 4.69) is 56.5 Å². The van der Waals surface area contributed by atoms with Crippen molar-refractivity contribution in [3.8, 4) is 11.4 Å². The van der Waals surface area contributed by atoms with E-state index in [-0.39, 0.29) is 0 Å². The van der Waals surface area contributed by atoms with Crippen molar-refractivity contribution in [2.75, 3.05) is 0 Å². The molecule has 2 aromatic heterocycles. The van der Waals surface area contributed by atoms with Gasteiger partial charge in [0.15, 0.2) is 0 Å². The molecule has 0 aliphatic carbocycles. The fraction of sp³-hybridized carbons (Fsp3) is 0.0714. The van der Waals surface area contributed by atoms with Gasteiger partial charge in [-0.25, -0.2) is 4.98 Å². The predicted octanol–water partition coefficient (Wildman–Crippen LogP) is 4.07. The normalized spacial score (nSPS) is 10.9. The molecule has 0 aliphatic heterocycles. The highest BCUT2D eigenvalue weighted by Crippen LogP contribution is 2.24. The summed E-state index contributed by atoms with van der Waals surface area (Å²) in [7, 11) is 0. The van der Waals surface area contributed by atoms with E-state index in [9.17, 15) is 0 Å². The molecule has 2 nitrogen and oxygen atoms in total. The summed E-state index contributed by atoms with van der Waals surface area (Å²) in [5.74, 6) is 0.973. The number of hydrogen-bond acceptors (Lipinski definition) is 1. The molecule has 17 heavy (non-hydrogen) atoms. The fourth-order valence-corrected chi connectivity index (χ4v) is 2.35. The van der Waals surface area contributed by atoms with Crippen molar-refractivity contribution < 1.29 is 0 Å². The largest absolute Gasteiger partial charge is 0.299 e. The summed E-state index contributed by atoms with van der Waals surface area (Å²) in [5, 5.41) is 0. The molecule has 0 saturated carbocycles. The Hall–Kier alpha value is -1.61. The predicted molar refractivity (Wildman–Crippen MR) is 73.1 cm³/mol. The van der Waals surface area contributed by atoms with Crippen molar-refractivity contribution in [3.05, 3.63) is 58.8 Å². The summed E-state index contributed by atoms with van der Waals surface area (Å²) in [6, 6.07) is 12.4. The molecule has 0 N–H and O–H groups in total. The van der Waals surface area contributed by atoms with Crippen LogP contribution in [0.2, 0.25) is 0 Å². The zero-order valence-electron chi connectivity index (χ0n) is 9.39. The minimum atomic E-state index is 0.973. The zero-order valence-corrected chi connectivity index (χ0v) is 11.0. The number of rotatable bonds is 1. The van der Waals surface area contributed by atoms with Gasteiger partial charge in [0.2, 0.25) is 0 Å². The molecule has 84 valence electrons. The van der Waals surface area contributed by atoms with E-state index in [1.54, 1.807) is 0 Å². The van der Waals surface area contributed by atoms with E-state index < -0.39 is 0 Å². The van der Waals surface area contributed by atoms with Crippen LogP contribution in [0.15, 0.2) is 53.3 Å². The number of hydrogen-bond donors (Lipinski definition) is 0. The molecule has 1 aromatic carbocycles. The van der Waals surface area contributed by atoms with Gasteiger partial charge in [-0.1, -0.05) is 29.8 Å². The van der Waals surface area contributed by atoms with Crippen molar-refractivity contribution >= 4 is 21.4 Å². The monoisotopic (exact) mass is 286 g/mol. The maximum absolute atomic E-state index is 4.49. The topological polar surface area (TPSA) is 17.3 Å². The smallest absolute Gasteiger partial charge is 0.144 e. The number of halogens is 1. The summed E-state index contributed by atoms with van der Waals surface area (Å²) in [5.41, 5.74) is 3.48. The Morgan fingerprint density at radius 3 is 2.65 bits per heavy atom. The van der Waals surface area contributed by atoms with Crippen LogP contribution in [0.25, 0.3) is 16.9 Å². The van der Waals surface area contributed by atoms with Gasteiger partial charge in [-0.05, 0) is 35.0 Å². The third-order valence-electron chi connectivity index (χ3n) is 2.83. The number of imidazole rings is 1. The quantitative estimate of drug-likeness (QED) is 0.659. The van der Waals surface area contributed by atoms with Crippen LogP contribution >= 0.6 is 15.9 Å². The Morgan fingerprint density at radius 2 is 1.88 bits per heavy atom. The molecule has 3 aromatic rings. The second-order valence-electron chi connectivity index (χ2n) is 4.06. The molecule has 3 heteroatoms. The van der Waals surface area contributed by atoms with Gasteiger partial charge < -0.3 is 0 Å². The molecule has 3 rings (SSSR count). The number of aryl methyl sites for hydroxylation is 1. The molecule has 0 spiro atoms. The van der Waals surface area contributed by atoms with E-state index >= 15 is 0 Å². The van der Waals surface area contributed by atoms with Gasteiger partial charge in [-0.3, -0.25) is 4.40 Å². The zero-order chi connectivity index (χ0) is 11.8. The van der Waals surface area contributed by atoms with Gasteiger partial charge in [0.1, 0.15) is 5.82 Å². The Bertz CT molecular complexity index is 668. The van der Waals surface area contributed by atoms with E-state index in [4.69, 9.17) is 0 Å². The maximum Gasteiger partial charge on any atom is 0.144 e. The van der Waals surface area contributed by atoms with Crippen molar-refractivity contribution in [2.45, 2.75) is 6.92 Å². The molecule has 0 fully saturated rings. The molecular weight excluding hydrogens is 276 g/mol. The molecular formula is C14H11BrN2. The molecule has 2 heterocycles. The summed E-state index contributed by atoms with van der Waals surface area (Å²) in [4.78, 5) is 4.49. The van der Waals surface area contributed by atoms with Gasteiger partial charge in [0.05, 0.1) is 11.7 Å². The first-order chi connectivity index (χ1) is 8.25. The lowest BCUT2D eigenvalue weighted by Crippen LogP contribution is -1.89. The van der Waals surface area contributed by atoms with E-state index in [1.807, 2.05) is 24.5 Å². The van der Waals surface area contributed by atoms with Gasteiger partial charge >= 0.3 is 0 Å². The summed E-state index contributed by atoms with van der Waals surface area (Å²) < 4.78 is 3.15.